The number of pyridine rings is 1. The molecule has 2 amide bonds. The number of hydrogen-bond donors (Lipinski definition) is 2. The van der Waals surface area contributed by atoms with E-state index in [2.05, 4.69) is 10.3 Å². The van der Waals surface area contributed by atoms with Crippen molar-refractivity contribution in [3.8, 4) is 0 Å². The Morgan fingerprint density at radius 2 is 1.76 bits per heavy atom. The van der Waals surface area contributed by atoms with Crippen molar-refractivity contribution < 1.29 is 9.59 Å². The van der Waals surface area contributed by atoms with Crippen molar-refractivity contribution in [3.63, 3.8) is 0 Å². The van der Waals surface area contributed by atoms with E-state index >= 15 is 0 Å². The first-order chi connectivity index (χ1) is 11.6. The smallest absolute Gasteiger partial charge is 0.253 e. The van der Waals surface area contributed by atoms with Gasteiger partial charge >= 0.3 is 0 Å². The van der Waals surface area contributed by atoms with Crippen LogP contribution >= 0.6 is 12.4 Å². The average molecular weight is 361 g/mol. The molecule has 6 nitrogen and oxygen atoms in total. The summed E-state index contributed by atoms with van der Waals surface area (Å²) in [6.07, 6.45) is 2.86. The van der Waals surface area contributed by atoms with Crippen molar-refractivity contribution in [2.24, 2.45) is 5.92 Å². The molecule has 1 fully saturated rings. The molecule has 2 heterocycles. The molecular weight excluding hydrogens is 340 g/mol. The molecule has 0 saturated carbocycles. The van der Waals surface area contributed by atoms with Crippen LogP contribution in [-0.4, -0.2) is 34.8 Å². The summed E-state index contributed by atoms with van der Waals surface area (Å²) in [6, 6.07) is 12.6. The minimum Gasteiger partial charge on any atom is -0.384 e. The van der Waals surface area contributed by atoms with Gasteiger partial charge in [0.2, 0.25) is 5.91 Å². The lowest BCUT2D eigenvalue weighted by molar-refractivity contribution is -0.121. The van der Waals surface area contributed by atoms with E-state index in [1.165, 1.54) is 0 Å². The molecule has 0 aliphatic carbocycles. The Balaban J connectivity index is 0.00000225. The maximum absolute atomic E-state index is 12.4. The summed E-state index contributed by atoms with van der Waals surface area (Å²) in [5, 5.41) is 2.85. The summed E-state index contributed by atoms with van der Waals surface area (Å²) < 4.78 is 0. The van der Waals surface area contributed by atoms with Gasteiger partial charge in [0.05, 0.1) is 11.9 Å². The monoisotopic (exact) mass is 360 g/mol. The molecule has 0 bridgehead atoms. The first-order valence-electron chi connectivity index (χ1n) is 8.00. The second kappa shape index (κ2) is 8.48. The molecule has 1 aliphatic rings. The largest absolute Gasteiger partial charge is 0.384 e. The summed E-state index contributed by atoms with van der Waals surface area (Å²) in [4.78, 5) is 30.5. The second-order valence-corrected chi connectivity index (χ2v) is 5.89. The number of benzene rings is 1. The second-order valence-electron chi connectivity index (χ2n) is 5.89. The maximum atomic E-state index is 12.4. The molecular formula is C18H21ClN4O2. The van der Waals surface area contributed by atoms with Crippen LogP contribution in [0, 0.1) is 5.92 Å². The highest BCUT2D eigenvalue weighted by atomic mass is 35.5. The quantitative estimate of drug-likeness (QED) is 0.880. The minimum atomic E-state index is -0.0950. The van der Waals surface area contributed by atoms with E-state index < -0.39 is 0 Å². The fourth-order valence-electron chi connectivity index (χ4n) is 2.83. The van der Waals surface area contributed by atoms with Crippen molar-refractivity contribution in [1.82, 2.24) is 9.88 Å². The molecule has 1 aromatic carbocycles. The molecule has 1 aromatic heterocycles. The lowest BCUT2D eigenvalue weighted by Crippen LogP contribution is -2.41. The van der Waals surface area contributed by atoms with Gasteiger partial charge < -0.3 is 16.0 Å². The number of aromatic nitrogens is 1. The normalized spacial score (nSPS) is 14.5. The van der Waals surface area contributed by atoms with Crippen molar-refractivity contribution in [3.05, 3.63) is 54.2 Å². The third-order valence-corrected chi connectivity index (χ3v) is 4.23. The third-order valence-electron chi connectivity index (χ3n) is 4.23. The van der Waals surface area contributed by atoms with Gasteiger partial charge in [-0.25, -0.2) is 4.98 Å². The Labute approximate surface area is 152 Å². The topological polar surface area (TPSA) is 88.3 Å². The zero-order valence-electron chi connectivity index (χ0n) is 13.7. The van der Waals surface area contributed by atoms with Crippen LogP contribution in [0.15, 0.2) is 48.7 Å². The van der Waals surface area contributed by atoms with Crippen LogP contribution in [0.3, 0.4) is 0 Å². The van der Waals surface area contributed by atoms with E-state index in [9.17, 15) is 9.59 Å². The Hall–Kier alpha value is -2.60. The number of halogens is 1. The maximum Gasteiger partial charge on any atom is 0.253 e. The number of hydrogen-bond acceptors (Lipinski definition) is 4. The highest BCUT2D eigenvalue weighted by Crippen LogP contribution is 2.21. The Kier molecular flexibility index (Phi) is 6.36. The summed E-state index contributed by atoms with van der Waals surface area (Å²) in [5.74, 6) is 0.314. The zero-order valence-corrected chi connectivity index (χ0v) is 14.5. The molecule has 132 valence electrons. The van der Waals surface area contributed by atoms with Crippen LogP contribution in [-0.2, 0) is 4.79 Å². The lowest BCUT2D eigenvalue weighted by atomic mass is 9.95. The summed E-state index contributed by atoms with van der Waals surface area (Å²) in [7, 11) is 0. The van der Waals surface area contributed by atoms with E-state index in [1.807, 2.05) is 35.2 Å². The molecule has 7 heteroatoms. The fraction of sp³-hybridized carbons (Fsp3) is 0.278. The van der Waals surface area contributed by atoms with Gasteiger partial charge in [0.15, 0.2) is 0 Å². The Morgan fingerprint density at radius 3 is 2.36 bits per heavy atom. The molecule has 1 saturated heterocycles. The van der Waals surface area contributed by atoms with Gasteiger partial charge in [-0.05, 0) is 37.1 Å². The zero-order chi connectivity index (χ0) is 16.9. The van der Waals surface area contributed by atoms with E-state index in [0.717, 1.165) is 0 Å². The highest BCUT2D eigenvalue weighted by molar-refractivity contribution is 5.95. The van der Waals surface area contributed by atoms with Gasteiger partial charge in [-0.15, -0.1) is 12.4 Å². The third kappa shape index (κ3) is 4.70. The van der Waals surface area contributed by atoms with Crippen molar-refractivity contribution in [2.45, 2.75) is 12.8 Å². The van der Waals surface area contributed by atoms with E-state index in [1.54, 1.807) is 18.3 Å². The molecule has 0 radical (unpaired) electrons. The van der Waals surface area contributed by atoms with Crippen LogP contribution < -0.4 is 11.1 Å². The van der Waals surface area contributed by atoms with Crippen LogP contribution in [0.1, 0.15) is 23.2 Å². The van der Waals surface area contributed by atoms with Gasteiger partial charge in [-0.2, -0.15) is 0 Å². The number of carbonyl (C=O) groups excluding carboxylic acids is 2. The molecule has 0 spiro atoms. The number of anilines is 2. The van der Waals surface area contributed by atoms with Gasteiger partial charge in [-0.3, -0.25) is 9.59 Å². The molecule has 0 atom stereocenters. The van der Waals surface area contributed by atoms with Crippen molar-refractivity contribution in [1.29, 1.82) is 0 Å². The van der Waals surface area contributed by atoms with E-state index in [-0.39, 0.29) is 30.1 Å². The number of likely N-dealkylation sites (tertiary alicyclic amines) is 1. The van der Waals surface area contributed by atoms with Crippen LogP contribution in [0.25, 0.3) is 0 Å². The first kappa shape index (κ1) is 18.7. The SMILES string of the molecule is Cl.Nc1ccc(NC(=O)C2CCN(C(=O)c3ccccc3)CC2)cn1. The minimum absolute atomic E-state index is 0. The lowest BCUT2D eigenvalue weighted by Gasteiger charge is -2.31. The number of nitrogens with one attached hydrogen (secondary N) is 1. The fourth-order valence-corrected chi connectivity index (χ4v) is 2.83. The number of piperidine rings is 1. The van der Waals surface area contributed by atoms with Gasteiger partial charge in [-0.1, -0.05) is 18.2 Å². The van der Waals surface area contributed by atoms with Crippen molar-refractivity contribution in [2.75, 3.05) is 24.1 Å². The number of carbonyl (C=O) groups is 2. The summed E-state index contributed by atoms with van der Waals surface area (Å²) >= 11 is 0. The standard InChI is InChI=1S/C18H20N4O2.ClH/c19-16-7-6-15(12-20-16)21-17(23)13-8-10-22(11-9-13)18(24)14-4-2-1-3-5-14;/h1-7,12-13H,8-11H2,(H2,19,20)(H,21,23);1H. The predicted octanol–water partition coefficient (Wildman–Crippen LogP) is 2.58. The van der Waals surface area contributed by atoms with Crippen molar-refractivity contribution >= 4 is 35.7 Å². The first-order valence-corrected chi connectivity index (χ1v) is 8.00. The number of nitrogen functional groups attached to an aromatic ring is 1. The highest BCUT2D eigenvalue weighted by Gasteiger charge is 2.27. The van der Waals surface area contributed by atoms with Crippen LogP contribution in [0.2, 0.25) is 0 Å². The number of nitrogens with two attached hydrogens (primary N) is 1. The van der Waals surface area contributed by atoms with E-state index in [0.29, 0.717) is 43.0 Å². The predicted molar refractivity (Wildman–Crippen MR) is 99.6 cm³/mol. The molecule has 2 aromatic rings. The van der Waals surface area contributed by atoms with Gasteiger partial charge in [0.1, 0.15) is 5.82 Å². The Morgan fingerprint density at radius 1 is 1.08 bits per heavy atom. The van der Waals surface area contributed by atoms with Crippen LogP contribution in [0.5, 0.6) is 0 Å². The summed E-state index contributed by atoms with van der Waals surface area (Å²) in [6.45, 7) is 1.18. The summed E-state index contributed by atoms with van der Waals surface area (Å²) in [5.41, 5.74) is 6.85. The average Bonchev–Trinajstić information content (AvgIpc) is 2.64. The number of rotatable bonds is 3. The number of nitrogens with zero attached hydrogens (tertiary/aromatic N) is 2. The molecule has 1 aliphatic heterocycles. The molecule has 0 unspecified atom stereocenters. The molecule has 25 heavy (non-hydrogen) atoms. The number of amides is 2. The Bertz CT molecular complexity index is 714. The van der Waals surface area contributed by atoms with Gasteiger partial charge in [0.25, 0.3) is 5.91 Å². The van der Waals surface area contributed by atoms with Crippen LogP contribution in [0.4, 0.5) is 11.5 Å². The molecule has 3 N–H and O–H groups in total. The molecule has 3 rings (SSSR count). The van der Waals surface area contributed by atoms with E-state index in [4.69, 9.17) is 5.73 Å². The van der Waals surface area contributed by atoms with Gasteiger partial charge in [0, 0.05) is 24.6 Å².